The lowest BCUT2D eigenvalue weighted by Crippen LogP contribution is -2.41. The minimum absolute atomic E-state index is 0. The molecule has 5 N–H and O–H groups in total. The summed E-state index contributed by atoms with van der Waals surface area (Å²) in [5.74, 6) is -1.00. The van der Waals surface area contributed by atoms with Crippen LogP contribution in [0.1, 0.15) is 12.8 Å². The number of nitrogens with one attached hydrogen (secondary N) is 2. The molecule has 0 saturated heterocycles. The summed E-state index contributed by atoms with van der Waals surface area (Å²) in [6, 6.07) is -1.04. The number of nitrogens with two attached hydrogens (primary N) is 1. The summed E-state index contributed by atoms with van der Waals surface area (Å²) in [7, 11) is 1.30. The van der Waals surface area contributed by atoms with Crippen molar-refractivity contribution in [3.05, 3.63) is 0 Å². The first-order valence-corrected chi connectivity index (χ1v) is 3.93. The number of aliphatic carboxylic acids is 1. The Labute approximate surface area is 101 Å². The van der Waals surface area contributed by atoms with Gasteiger partial charge in [0.2, 0.25) is 0 Å². The maximum atomic E-state index is 10.6. The number of hydrogen-bond acceptors (Lipinski definition) is 4. The molecule has 1 atom stereocenters. The Bertz CT molecular complexity index is 192. The Hall–Kier alpha value is -0.720. The van der Waals surface area contributed by atoms with Gasteiger partial charge < -0.3 is 20.9 Å². The number of carbonyl (C=O) groups is 1. The van der Waals surface area contributed by atoms with Crippen LogP contribution >= 0.6 is 24.8 Å². The van der Waals surface area contributed by atoms with E-state index in [0.717, 1.165) is 0 Å². The summed E-state index contributed by atoms with van der Waals surface area (Å²) in [5, 5.41) is 18.2. The van der Waals surface area contributed by atoms with Gasteiger partial charge in [-0.1, -0.05) is 0 Å². The number of ether oxygens (including phenoxy) is 1. The first kappa shape index (κ1) is 19.8. The van der Waals surface area contributed by atoms with Crippen molar-refractivity contribution in [1.82, 2.24) is 5.32 Å². The van der Waals surface area contributed by atoms with E-state index in [4.69, 9.17) is 16.2 Å². The van der Waals surface area contributed by atoms with Crippen LogP contribution in [0.5, 0.6) is 0 Å². The fourth-order valence-corrected chi connectivity index (χ4v) is 0.797. The first-order valence-electron chi connectivity index (χ1n) is 3.93. The highest BCUT2D eigenvalue weighted by molar-refractivity contribution is 5.85. The third kappa shape index (κ3) is 9.58. The lowest BCUT2D eigenvalue weighted by atomic mass is 10.1. The molecule has 0 aromatic carbocycles. The van der Waals surface area contributed by atoms with E-state index < -0.39 is 12.0 Å². The van der Waals surface area contributed by atoms with Gasteiger partial charge in [0.1, 0.15) is 6.04 Å². The van der Waals surface area contributed by atoms with Gasteiger partial charge in [-0.05, 0) is 19.4 Å². The molecule has 0 aliphatic rings. The molecule has 0 aliphatic heterocycles. The minimum atomic E-state index is -1.00. The molecular weight excluding hydrogens is 245 g/mol. The van der Waals surface area contributed by atoms with Crippen LogP contribution in [-0.4, -0.2) is 36.8 Å². The van der Waals surface area contributed by atoms with Crippen molar-refractivity contribution in [3.63, 3.8) is 0 Å². The Morgan fingerprint density at radius 1 is 1.60 bits per heavy atom. The van der Waals surface area contributed by atoms with Gasteiger partial charge in [0.15, 0.2) is 0 Å². The van der Waals surface area contributed by atoms with E-state index in [2.05, 4.69) is 10.1 Å². The van der Waals surface area contributed by atoms with Crippen molar-refractivity contribution in [2.24, 2.45) is 5.73 Å². The molecule has 0 spiro atoms. The number of hydrogen-bond donors (Lipinski definition) is 4. The zero-order valence-corrected chi connectivity index (χ0v) is 9.99. The van der Waals surface area contributed by atoms with Crippen LogP contribution in [0, 0.1) is 5.41 Å². The van der Waals surface area contributed by atoms with E-state index in [-0.39, 0.29) is 30.8 Å². The molecular formula is C7H17Cl2N3O3. The fourth-order valence-electron chi connectivity index (χ4n) is 0.797. The van der Waals surface area contributed by atoms with Crippen molar-refractivity contribution < 1.29 is 14.6 Å². The second-order valence-electron chi connectivity index (χ2n) is 2.50. The predicted octanol–water partition coefficient (Wildman–Crippen LogP) is 0.193. The lowest BCUT2D eigenvalue weighted by Gasteiger charge is -2.14. The Kier molecular flexibility index (Phi) is 15.0. The summed E-state index contributed by atoms with van der Waals surface area (Å²) < 4.78 is 4.49. The maximum Gasteiger partial charge on any atom is 0.326 e. The lowest BCUT2D eigenvalue weighted by molar-refractivity contribution is -0.139. The third-order valence-corrected chi connectivity index (χ3v) is 1.50. The highest BCUT2D eigenvalue weighted by atomic mass is 35.5. The van der Waals surface area contributed by atoms with Gasteiger partial charge in [-0.25, -0.2) is 4.79 Å². The van der Waals surface area contributed by atoms with Crippen LogP contribution in [0.2, 0.25) is 0 Å². The standard InChI is InChI=1S/C7H15N3O3.2ClH/c1-13-7(9)10-5(6(11)12)3-2-4-8;;/h5H,2-4,8H2,1H3,(H2,9,10)(H,11,12);2*1H/t5-;;/m0../s1. The zero-order valence-electron chi connectivity index (χ0n) is 8.36. The molecule has 0 aromatic heterocycles. The Morgan fingerprint density at radius 3 is 2.47 bits per heavy atom. The number of amidine groups is 1. The molecule has 0 radical (unpaired) electrons. The quantitative estimate of drug-likeness (QED) is 0.418. The predicted molar refractivity (Wildman–Crippen MR) is 62.1 cm³/mol. The summed E-state index contributed by atoms with van der Waals surface area (Å²) in [6.45, 7) is 0.436. The Balaban J connectivity index is -0.000000720. The summed E-state index contributed by atoms with van der Waals surface area (Å²) in [5.41, 5.74) is 5.23. The average molecular weight is 262 g/mol. The normalized spacial score (nSPS) is 10.3. The highest BCUT2D eigenvalue weighted by Gasteiger charge is 2.17. The van der Waals surface area contributed by atoms with E-state index in [1.165, 1.54) is 7.11 Å². The first-order chi connectivity index (χ1) is 6.11. The van der Waals surface area contributed by atoms with E-state index in [0.29, 0.717) is 19.4 Å². The number of carboxylic acids is 1. The SMILES string of the molecule is COC(=N)N[C@@H](CCCN)C(=O)O.Cl.Cl. The van der Waals surface area contributed by atoms with Crippen molar-refractivity contribution in [1.29, 1.82) is 5.41 Å². The molecule has 15 heavy (non-hydrogen) atoms. The van der Waals surface area contributed by atoms with Gasteiger partial charge in [-0.2, -0.15) is 0 Å². The van der Waals surface area contributed by atoms with Crippen LogP contribution in [0.25, 0.3) is 0 Å². The molecule has 0 rings (SSSR count). The minimum Gasteiger partial charge on any atom is -0.480 e. The fraction of sp³-hybridized carbons (Fsp3) is 0.714. The summed E-state index contributed by atoms with van der Waals surface area (Å²) in [6.07, 6.45) is 0.985. The van der Waals surface area contributed by atoms with Crippen molar-refractivity contribution >= 4 is 36.8 Å². The number of rotatable bonds is 5. The van der Waals surface area contributed by atoms with E-state index in [9.17, 15) is 4.79 Å². The number of methoxy groups -OCH3 is 1. The van der Waals surface area contributed by atoms with Crippen LogP contribution in [-0.2, 0) is 9.53 Å². The molecule has 8 heteroatoms. The average Bonchev–Trinajstić information content (AvgIpc) is 2.11. The molecule has 6 nitrogen and oxygen atoms in total. The van der Waals surface area contributed by atoms with E-state index in [1.54, 1.807) is 0 Å². The maximum absolute atomic E-state index is 10.6. The van der Waals surface area contributed by atoms with Gasteiger partial charge in [-0.15, -0.1) is 24.8 Å². The van der Waals surface area contributed by atoms with Gasteiger partial charge >= 0.3 is 5.97 Å². The molecule has 0 saturated carbocycles. The highest BCUT2D eigenvalue weighted by Crippen LogP contribution is 1.96. The van der Waals surface area contributed by atoms with Crippen LogP contribution < -0.4 is 11.1 Å². The smallest absolute Gasteiger partial charge is 0.326 e. The topological polar surface area (TPSA) is 108 Å². The van der Waals surface area contributed by atoms with Crippen molar-refractivity contribution in [2.45, 2.75) is 18.9 Å². The van der Waals surface area contributed by atoms with Gasteiger partial charge in [0.05, 0.1) is 7.11 Å². The van der Waals surface area contributed by atoms with E-state index in [1.807, 2.05) is 0 Å². The third-order valence-electron chi connectivity index (χ3n) is 1.50. The van der Waals surface area contributed by atoms with Crippen LogP contribution in [0.3, 0.4) is 0 Å². The van der Waals surface area contributed by atoms with Crippen LogP contribution in [0.15, 0.2) is 0 Å². The molecule has 0 fully saturated rings. The second kappa shape index (κ2) is 11.4. The van der Waals surface area contributed by atoms with Crippen molar-refractivity contribution in [2.75, 3.05) is 13.7 Å². The van der Waals surface area contributed by atoms with Gasteiger partial charge in [-0.3, -0.25) is 5.41 Å². The van der Waals surface area contributed by atoms with Gasteiger partial charge in [0.25, 0.3) is 6.02 Å². The summed E-state index contributed by atoms with van der Waals surface area (Å²) in [4.78, 5) is 10.6. The summed E-state index contributed by atoms with van der Waals surface area (Å²) >= 11 is 0. The molecule has 0 heterocycles. The molecule has 0 unspecified atom stereocenters. The van der Waals surface area contributed by atoms with Gasteiger partial charge in [0, 0.05) is 0 Å². The number of halogens is 2. The number of carboxylic acid groups (broad SMARTS) is 1. The largest absolute Gasteiger partial charge is 0.480 e. The Morgan fingerprint density at radius 2 is 2.13 bits per heavy atom. The van der Waals surface area contributed by atoms with E-state index >= 15 is 0 Å². The molecule has 0 bridgehead atoms. The molecule has 0 aliphatic carbocycles. The zero-order chi connectivity index (χ0) is 10.3. The second-order valence-corrected chi connectivity index (χ2v) is 2.50. The molecule has 92 valence electrons. The monoisotopic (exact) mass is 261 g/mol. The molecule has 0 aromatic rings. The molecule has 0 amide bonds. The van der Waals surface area contributed by atoms with Crippen LogP contribution in [0.4, 0.5) is 0 Å². The van der Waals surface area contributed by atoms with Crippen molar-refractivity contribution in [3.8, 4) is 0 Å².